The van der Waals surface area contributed by atoms with Crippen LogP contribution in [0.25, 0.3) is 0 Å². The smallest absolute Gasteiger partial charge is 0.221 e. The van der Waals surface area contributed by atoms with E-state index < -0.39 is 0 Å². The molecule has 0 aliphatic carbocycles. The Morgan fingerprint density at radius 1 is 1.08 bits per heavy atom. The molecule has 1 amide bonds. The molecule has 1 heterocycles. The molecule has 0 saturated carbocycles. The zero-order chi connectivity index (χ0) is 17.6. The second-order valence-corrected chi connectivity index (χ2v) is 7.05. The maximum Gasteiger partial charge on any atom is 0.221 e. The lowest BCUT2D eigenvalue weighted by molar-refractivity contribution is -0.121. The molecule has 3 aromatic rings. The Morgan fingerprint density at radius 3 is 2.52 bits per heavy atom. The number of amides is 1. The normalized spacial score (nSPS) is 11.9. The topological polar surface area (TPSA) is 29.1 Å². The molecule has 0 fully saturated rings. The van der Waals surface area contributed by atoms with Crippen molar-refractivity contribution in [1.29, 1.82) is 0 Å². The van der Waals surface area contributed by atoms with Crippen molar-refractivity contribution in [1.82, 2.24) is 5.32 Å². The minimum Gasteiger partial charge on any atom is -0.344 e. The molecule has 1 atom stereocenters. The Balaban J connectivity index is 1.71. The average molecular weight is 374 g/mol. The van der Waals surface area contributed by atoms with E-state index in [2.05, 4.69) is 5.32 Å². The molecule has 128 valence electrons. The van der Waals surface area contributed by atoms with Crippen molar-refractivity contribution in [3.05, 3.63) is 92.9 Å². The molecular formula is C20H17ClFNOS. The summed E-state index contributed by atoms with van der Waals surface area (Å²) in [6, 6.07) is 17.4. The number of nitrogens with one attached hydrogen (secondary N) is 1. The molecule has 0 spiro atoms. The minimum absolute atomic E-state index is 0.0670. The summed E-state index contributed by atoms with van der Waals surface area (Å²) in [6.45, 7) is 0. The fourth-order valence-corrected chi connectivity index (χ4v) is 3.64. The van der Waals surface area contributed by atoms with Crippen LogP contribution < -0.4 is 5.32 Å². The maximum atomic E-state index is 13.2. The standard InChI is InChI=1S/C20H17ClFNOS/c21-17-5-2-1-4-14(17)9-12-19(24)23-20(18-6-3-13-25-18)15-7-10-16(22)11-8-15/h1-8,10-11,13,20H,9,12H2,(H,23,24). The number of thiophene rings is 1. The van der Waals surface area contributed by atoms with Gasteiger partial charge >= 0.3 is 0 Å². The summed E-state index contributed by atoms with van der Waals surface area (Å²) in [5.41, 5.74) is 1.81. The van der Waals surface area contributed by atoms with Gasteiger partial charge in [-0.2, -0.15) is 0 Å². The lowest BCUT2D eigenvalue weighted by Gasteiger charge is -2.18. The van der Waals surface area contributed by atoms with Crippen LogP contribution in [-0.4, -0.2) is 5.91 Å². The summed E-state index contributed by atoms with van der Waals surface area (Å²) in [7, 11) is 0. The third kappa shape index (κ3) is 4.68. The van der Waals surface area contributed by atoms with E-state index in [1.165, 1.54) is 12.1 Å². The molecule has 5 heteroatoms. The van der Waals surface area contributed by atoms with Gasteiger partial charge in [0.1, 0.15) is 5.82 Å². The average Bonchev–Trinajstić information content (AvgIpc) is 3.14. The molecule has 3 rings (SSSR count). The van der Waals surface area contributed by atoms with Gasteiger partial charge in [-0.05, 0) is 47.2 Å². The van der Waals surface area contributed by atoms with Crippen molar-refractivity contribution in [2.24, 2.45) is 0 Å². The Morgan fingerprint density at radius 2 is 1.84 bits per heavy atom. The van der Waals surface area contributed by atoms with Crippen LogP contribution in [0.3, 0.4) is 0 Å². The van der Waals surface area contributed by atoms with Crippen LogP contribution in [-0.2, 0) is 11.2 Å². The van der Waals surface area contributed by atoms with E-state index in [4.69, 9.17) is 11.6 Å². The summed E-state index contributed by atoms with van der Waals surface area (Å²) in [4.78, 5) is 13.5. The summed E-state index contributed by atoms with van der Waals surface area (Å²) >= 11 is 7.70. The molecule has 0 saturated heterocycles. The van der Waals surface area contributed by atoms with Crippen molar-refractivity contribution >= 4 is 28.8 Å². The van der Waals surface area contributed by atoms with Crippen LogP contribution in [0.15, 0.2) is 66.0 Å². The van der Waals surface area contributed by atoms with Crippen molar-refractivity contribution < 1.29 is 9.18 Å². The first kappa shape index (κ1) is 17.6. The Labute approximate surface area is 155 Å². The van der Waals surface area contributed by atoms with E-state index >= 15 is 0 Å². The van der Waals surface area contributed by atoms with E-state index in [9.17, 15) is 9.18 Å². The minimum atomic E-state index is -0.293. The number of rotatable bonds is 6. The summed E-state index contributed by atoms with van der Waals surface area (Å²) in [6.07, 6.45) is 0.916. The van der Waals surface area contributed by atoms with Gasteiger partial charge in [0.05, 0.1) is 6.04 Å². The van der Waals surface area contributed by atoms with Crippen molar-refractivity contribution in [3.63, 3.8) is 0 Å². The largest absolute Gasteiger partial charge is 0.344 e. The molecule has 0 aliphatic heterocycles. The fourth-order valence-electron chi connectivity index (χ4n) is 2.61. The number of carbonyl (C=O) groups is 1. The highest BCUT2D eigenvalue weighted by Crippen LogP contribution is 2.26. The first-order chi connectivity index (χ1) is 12.1. The number of hydrogen-bond acceptors (Lipinski definition) is 2. The van der Waals surface area contributed by atoms with E-state index in [1.54, 1.807) is 23.5 Å². The molecule has 0 aliphatic rings. The van der Waals surface area contributed by atoms with Crippen molar-refractivity contribution in [2.45, 2.75) is 18.9 Å². The highest BCUT2D eigenvalue weighted by Gasteiger charge is 2.18. The van der Waals surface area contributed by atoms with Gasteiger partial charge < -0.3 is 5.32 Å². The molecule has 1 unspecified atom stereocenters. The predicted octanol–water partition coefficient (Wildman–Crippen LogP) is 5.38. The van der Waals surface area contributed by atoms with Gasteiger partial charge in [-0.3, -0.25) is 4.79 Å². The highest BCUT2D eigenvalue weighted by molar-refractivity contribution is 7.10. The van der Waals surface area contributed by atoms with Gasteiger partial charge in [-0.25, -0.2) is 4.39 Å². The first-order valence-electron chi connectivity index (χ1n) is 7.95. The van der Waals surface area contributed by atoms with E-state index in [0.29, 0.717) is 17.9 Å². The second-order valence-electron chi connectivity index (χ2n) is 5.66. The quantitative estimate of drug-likeness (QED) is 0.617. The van der Waals surface area contributed by atoms with Gasteiger partial charge in [0.2, 0.25) is 5.91 Å². The third-order valence-corrected chi connectivity index (χ3v) is 5.22. The first-order valence-corrected chi connectivity index (χ1v) is 9.21. The third-order valence-electron chi connectivity index (χ3n) is 3.92. The van der Waals surface area contributed by atoms with Crippen LogP contribution in [0.1, 0.15) is 28.5 Å². The molecule has 1 N–H and O–H groups in total. The SMILES string of the molecule is O=C(CCc1ccccc1Cl)NC(c1ccc(F)cc1)c1cccs1. The number of hydrogen-bond donors (Lipinski definition) is 1. The maximum absolute atomic E-state index is 13.2. The monoisotopic (exact) mass is 373 g/mol. The second kappa shape index (κ2) is 8.28. The lowest BCUT2D eigenvalue weighted by atomic mass is 10.0. The molecule has 2 aromatic carbocycles. The number of aryl methyl sites for hydroxylation is 1. The van der Waals surface area contributed by atoms with Crippen LogP contribution in [0, 0.1) is 5.82 Å². The zero-order valence-electron chi connectivity index (χ0n) is 13.4. The Kier molecular flexibility index (Phi) is 5.84. The van der Waals surface area contributed by atoms with Gasteiger partial charge in [-0.1, -0.05) is 48.0 Å². The Bertz CT molecular complexity index is 833. The van der Waals surface area contributed by atoms with Crippen LogP contribution in [0.4, 0.5) is 4.39 Å². The summed E-state index contributed by atoms with van der Waals surface area (Å²) < 4.78 is 13.2. The summed E-state index contributed by atoms with van der Waals surface area (Å²) in [5.74, 6) is -0.360. The molecular weight excluding hydrogens is 357 g/mol. The number of halogens is 2. The van der Waals surface area contributed by atoms with E-state index in [1.807, 2.05) is 41.8 Å². The molecule has 1 aromatic heterocycles. The fraction of sp³-hybridized carbons (Fsp3) is 0.150. The van der Waals surface area contributed by atoms with E-state index in [0.717, 1.165) is 16.0 Å². The molecule has 0 radical (unpaired) electrons. The molecule has 2 nitrogen and oxygen atoms in total. The number of carbonyl (C=O) groups excluding carboxylic acids is 1. The van der Waals surface area contributed by atoms with Gasteiger partial charge in [0.25, 0.3) is 0 Å². The predicted molar refractivity (Wildman–Crippen MR) is 100 cm³/mol. The van der Waals surface area contributed by atoms with Crippen molar-refractivity contribution in [3.8, 4) is 0 Å². The molecule has 0 bridgehead atoms. The highest BCUT2D eigenvalue weighted by atomic mass is 35.5. The lowest BCUT2D eigenvalue weighted by Crippen LogP contribution is -2.29. The van der Waals surface area contributed by atoms with Crippen LogP contribution in [0.2, 0.25) is 5.02 Å². The van der Waals surface area contributed by atoms with Crippen LogP contribution >= 0.6 is 22.9 Å². The summed E-state index contributed by atoms with van der Waals surface area (Å²) in [5, 5.41) is 5.68. The van der Waals surface area contributed by atoms with E-state index in [-0.39, 0.29) is 17.8 Å². The Hall–Kier alpha value is -2.17. The number of benzene rings is 2. The van der Waals surface area contributed by atoms with Gasteiger partial charge in [-0.15, -0.1) is 11.3 Å². The molecule has 25 heavy (non-hydrogen) atoms. The zero-order valence-corrected chi connectivity index (χ0v) is 15.0. The van der Waals surface area contributed by atoms with Crippen molar-refractivity contribution in [2.75, 3.05) is 0 Å². The van der Waals surface area contributed by atoms with Gasteiger partial charge in [0.15, 0.2) is 0 Å². The van der Waals surface area contributed by atoms with Crippen LogP contribution in [0.5, 0.6) is 0 Å². The van der Waals surface area contributed by atoms with Gasteiger partial charge in [0, 0.05) is 16.3 Å².